The number of thioether (sulfide) groups is 1. The molecule has 0 aliphatic carbocycles. The number of cyclic esters (lactones) is 1. The number of carbonyl (C=O) groups is 2. The Morgan fingerprint density at radius 3 is 2.31 bits per heavy atom. The minimum absolute atomic E-state index is 0.00758. The number of hydrogen-bond acceptors (Lipinski definition) is 4. The molecule has 1 aliphatic rings. The van der Waals surface area contributed by atoms with Gasteiger partial charge in [0.2, 0.25) is 5.91 Å². The van der Waals surface area contributed by atoms with E-state index < -0.39 is 6.09 Å². The third-order valence-corrected chi connectivity index (χ3v) is 6.70. The Bertz CT molecular complexity index is 809. The van der Waals surface area contributed by atoms with E-state index in [4.69, 9.17) is 4.74 Å². The van der Waals surface area contributed by atoms with Crippen LogP contribution >= 0.6 is 11.8 Å². The van der Waals surface area contributed by atoms with Crippen molar-refractivity contribution in [2.24, 2.45) is 11.8 Å². The van der Waals surface area contributed by atoms with Crippen molar-refractivity contribution in [1.82, 2.24) is 4.90 Å². The van der Waals surface area contributed by atoms with Crippen molar-refractivity contribution in [3.8, 4) is 0 Å². The fraction of sp³-hybridized carbons (Fsp3) is 0.417. The SMILES string of the molecule is CC(C)[C@H]1COC(=O)N1C(=O)[C@@H](CSCc1ccccc1)[C@@H](C)c1ccccc1. The third kappa shape index (κ3) is 5.21. The summed E-state index contributed by atoms with van der Waals surface area (Å²) < 4.78 is 5.23. The Kier molecular flexibility index (Phi) is 7.37. The van der Waals surface area contributed by atoms with Gasteiger partial charge in [0.05, 0.1) is 12.0 Å². The van der Waals surface area contributed by atoms with Crippen molar-refractivity contribution in [2.45, 2.75) is 38.5 Å². The van der Waals surface area contributed by atoms with Crippen molar-refractivity contribution >= 4 is 23.8 Å². The Hall–Kier alpha value is -2.27. The van der Waals surface area contributed by atoms with Crippen LogP contribution in [0.4, 0.5) is 4.79 Å². The Morgan fingerprint density at radius 2 is 1.69 bits per heavy atom. The van der Waals surface area contributed by atoms with Crippen molar-refractivity contribution in [3.05, 3.63) is 71.8 Å². The number of imide groups is 1. The van der Waals surface area contributed by atoms with Gasteiger partial charge >= 0.3 is 6.09 Å². The van der Waals surface area contributed by atoms with Crippen molar-refractivity contribution in [1.29, 1.82) is 0 Å². The zero-order chi connectivity index (χ0) is 20.8. The fourth-order valence-electron chi connectivity index (χ4n) is 3.66. The molecular weight excluding hydrogens is 382 g/mol. The molecule has 1 saturated heterocycles. The molecule has 0 bridgehead atoms. The van der Waals surface area contributed by atoms with Gasteiger partial charge in [0.15, 0.2) is 0 Å². The second kappa shape index (κ2) is 9.97. The molecule has 3 atom stereocenters. The Morgan fingerprint density at radius 1 is 1.07 bits per heavy atom. The lowest BCUT2D eigenvalue weighted by atomic mass is 9.87. The van der Waals surface area contributed by atoms with E-state index in [0.717, 1.165) is 11.3 Å². The van der Waals surface area contributed by atoms with Gasteiger partial charge in [-0.05, 0) is 23.0 Å². The lowest BCUT2D eigenvalue weighted by Crippen LogP contribution is -2.46. The van der Waals surface area contributed by atoms with Crippen LogP contribution in [0.2, 0.25) is 0 Å². The first-order valence-electron chi connectivity index (χ1n) is 10.2. The van der Waals surface area contributed by atoms with Gasteiger partial charge < -0.3 is 4.74 Å². The van der Waals surface area contributed by atoms with Gasteiger partial charge in [0, 0.05) is 11.5 Å². The summed E-state index contributed by atoms with van der Waals surface area (Å²) in [6, 6.07) is 20.1. The molecule has 154 valence electrons. The largest absolute Gasteiger partial charge is 0.447 e. The molecular formula is C24H29NO3S. The highest BCUT2D eigenvalue weighted by molar-refractivity contribution is 7.98. The maximum atomic E-state index is 13.5. The first kappa shape index (κ1) is 21.4. The molecule has 0 N–H and O–H groups in total. The highest BCUT2D eigenvalue weighted by Crippen LogP contribution is 2.32. The molecule has 3 rings (SSSR count). The summed E-state index contributed by atoms with van der Waals surface area (Å²) >= 11 is 1.74. The smallest absolute Gasteiger partial charge is 0.416 e. The van der Waals surface area contributed by atoms with E-state index in [9.17, 15) is 9.59 Å². The van der Waals surface area contributed by atoms with Gasteiger partial charge in [-0.2, -0.15) is 11.8 Å². The summed E-state index contributed by atoms with van der Waals surface area (Å²) in [4.78, 5) is 27.3. The highest BCUT2D eigenvalue weighted by atomic mass is 32.2. The summed E-state index contributed by atoms with van der Waals surface area (Å²) in [6.07, 6.45) is -0.507. The molecule has 0 aromatic heterocycles. The van der Waals surface area contributed by atoms with Crippen molar-refractivity contribution < 1.29 is 14.3 Å². The van der Waals surface area contributed by atoms with Crippen molar-refractivity contribution in [2.75, 3.05) is 12.4 Å². The lowest BCUT2D eigenvalue weighted by Gasteiger charge is -2.30. The normalized spacial score (nSPS) is 18.6. The van der Waals surface area contributed by atoms with E-state index in [2.05, 4.69) is 31.2 Å². The van der Waals surface area contributed by atoms with Crippen LogP contribution in [-0.4, -0.2) is 35.3 Å². The monoisotopic (exact) mass is 411 g/mol. The topological polar surface area (TPSA) is 46.6 Å². The molecule has 4 nitrogen and oxygen atoms in total. The van der Waals surface area contributed by atoms with E-state index in [-0.39, 0.29) is 36.3 Å². The minimum Gasteiger partial charge on any atom is -0.447 e. The number of carbonyl (C=O) groups excluding carboxylic acids is 2. The maximum Gasteiger partial charge on any atom is 0.416 e. The zero-order valence-electron chi connectivity index (χ0n) is 17.3. The van der Waals surface area contributed by atoms with E-state index in [1.54, 1.807) is 11.8 Å². The number of hydrogen-bond donors (Lipinski definition) is 0. The molecule has 0 spiro atoms. The van der Waals surface area contributed by atoms with Crippen LogP contribution in [-0.2, 0) is 15.3 Å². The van der Waals surface area contributed by atoms with E-state index in [0.29, 0.717) is 5.75 Å². The van der Waals surface area contributed by atoms with E-state index in [1.165, 1.54) is 10.5 Å². The van der Waals surface area contributed by atoms with E-state index >= 15 is 0 Å². The molecule has 1 heterocycles. The summed E-state index contributed by atoms with van der Waals surface area (Å²) in [6.45, 7) is 6.40. The van der Waals surface area contributed by atoms with Gasteiger partial charge in [-0.3, -0.25) is 4.79 Å². The quantitative estimate of drug-likeness (QED) is 0.588. The predicted octanol–water partition coefficient (Wildman–Crippen LogP) is 5.34. The van der Waals surface area contributed by atoms with Crippen LogP contribution in [0, 0.1) is 11.8 Å². The zero-order valence-corrected chi connectivity index (χ0v) is 18.1. The van der Waals surface area contributed by atoms with Crippen LogP contribution in [0.5, 0.6) is 0 Å². The standard InChI is InChI=1S/C24H29NO3S/c1-17(2)22-14-28-24(27)25(22)23(26)21(18(3)20-12-8-5-9-13-20)16-29-15-19-10-6-4-7-11-19/h4-13,17-18,21-22H,14-16H2,1-3H3/t18-,21-,22+/m0/s1. The number of ether oxygens (including phenoxy) is 1. The molecule has 2 aromatic rings. The third-order valence-electron chi connectivity index (χ3n) is 5.57. The summed E-state index contributed by atoms with van der Waals surface area (Å²) in [5.41, 5.74) is 2.34. The van der Waals surface area contributed by atoms with Gasteiger partial charge in [-0.1, -0.05) is 81.4 Å². The summed E-state index contributed by atoms with van der Waals surface area (Å²) in [5.74, 6) is 1.24. The number of nitrogens with zero attached hydrogens (tertiary/aromatic N) is 1. The number of amides is 2. The number of benzene rings is 2. The Labute approximate surface area is 177 Å². The van der Waals surface area contributed by atoms with Crippen LogP contribution in [0.3, 0.4) is 0 Å². The lowest BCUT2D eigenvalue weighted by molar-refractivity contribution is -0.133. The summed E-state index contributed by atoms with van der Waals surface area (Å²) in [5, 5.41) is 0. The average molecular weight is 412 g/mol. The van der Waals surface area contributed by atoms with Gasteiger partial charge in [-0.15, -0.1) is 0 Å². The second-order valence-corrected chi connectivity index (χ2v) is 8.93. The molecule has 2 aromatic carbocycles. The van der Waals surface area contributed by atoms with Crippen LogP contribution in [0.15, 0.2) is 60.7 Å². The molecule has 29 heavy (non-hydrogen) atoms. The van der Waals surface area contributed by atoms with Crippen LogP contribution in [0.1, 0.15) is 37.8 Å². The first-order chi connectivity index (χ1) is 14.0. The molecule has 1 aliphatic heterocycles. The van der Waals surface area contributed by atoms with Crippen LogP contribution < -0.4 is 0 Å². The van der Waals surface area contributed by atoms with E-state index in [1.807, 2.05) is 50.2 Å². The highest BCUT2D eigenvalue weighted by Gasteiger charge is 2.43. The minimum atomic E-state index is -0.507. The molecule has 5 heteroatoms. The average Bonchev–Trinajstić information content (AvgIpc) is 3.13. The molecule has 1 fully saturated rings. The molecule has 0 radical (unpaired) electrons. The summed E-state index contributed by atoms with van der Waals surface area (Å²) in [7, 11) is 0. The number of rotatable bonds is 8. The van der Waals surface area contributed by atoms with Crippen molar-refractivity contribution in [3.63, 3.8) is 0 Å². The van der Waals surface area contributed by atoms with Gasteiger partial charge in [-0.25, -0.2) is 9.69 Å². The fourth-order valence-corrected chi connectivity index (χ4v) is 4.89. The Balaban J connectivity index is 1.79. The van der Waals surface area contributed by atoms with Gasteiger partial charge in [0.1, 0.15) is 6.61 Å². The second-order valence-electron chi connectivity index (χ2n) is 7.90. The molecule has 2 amide bonds. The molecule has 0 saturated carbocycles. The van der Waals surface area contributed by atoms with Gasteiger partial charge in [0.25, 0.3) is 0 Å². The van der Waals surface area contributed by atoms with Crippen LogP contribution in [0.25, 0.3) is 0 Å². The maximum absolute atomic E-state index is 13.5. The molecule has 0 unspecified atom stereocenters. The first-order valence-corrected chi connectivity index (χ1v) is 11.3. The predicted molar refractivity (Wildman–Crippen MR) is 118 cm³/mol.